The molecule has 0 radical (unpaired) electrons. The highest BCUT2D eigenvalue weighted by Gasteiger charge is 2.47. The Hall–Kier alpha value is -1.10. The third kappa shape index (κ3) is 1.91. The Labute approximate surface area is 95.1 Å². The third-order valence-corrected chi connectivity index (χ3v) is 3.76. The zero-order chi connectivity index (χ0) is 11.9. The maximum Gasteiger partial charge on any atom is 0.242 e. The SMILES string of the molecule is CC(N)(C(=O)N1CCC(C(N)=O)C1)C1CC1. The largest absolute Gasteiger partial charge is 0.369 e. The van der Waals surface area contributed by atoms with E-state index in [2.05, 4.69) is 0 Å². The van der Waals surface area contributed by atoms with Crippen molar-refractivity contribution < 1.29 is 9.59 Å². The van der Waals surface area contributed by atoms with E-state index in [0.717, 1.165) is 12.8 Å². The van der Waals surface area contributed by atoms with Crippen LogP contribution in [0.4, 0.5) is 0 Å². The smallest absolute Gasteiger partial charge is 0.242 e. The highest BCUT2D eigenvalue weighted by atomic mass is 16.2. The average molecular weight is 225 g/mol. The molecule has 2 rings (SSSR count). The van der Waals surface area contributed by atoms with Gasteiger partial charge in [-0.3, -0.25) is 9.59 Å². The van der Waals surface area contributed by atoms with Crippen LogP contribution >= 0.6 is 0 Å². The van der Waals surface area contributed by atoms with E-state index >= 15 is 0 Å². The van der Waals surface area contributed by atoms with Crippen LogP contribution in [0, 0.1) is 11.8 Å². The molecule has 16 heavy (non-hydrogen) atoms. The maximum atomic E-state index is 12.2. The van der Waals surface area contributed by atoms with Crippen LogP contribution in [0.2, 0.25) is 0 Å². The first kappa shape index (κ1) is 11.4. The van der Waals surface area contributed by atoms with Crippen molar-refractivity contribution in [3.05, 3.63) is 0 Å². The second-order valence-electron chi connectivity index (χ2n) is 5.20. The predicted octanol–water partition coefficient (Wildman–Crippen LogP) is -0.552. The summed E-state index contributed by atoms with van der Waals surface area (Å²) in [5.41, 5.74) is 10.5. The molecule has 0 aromatic heterocycles. The molecule has 2 aliphatic rings. The average Bonchev–Trinajstić information content (AvgIpc) is 2.95. The van der Waals surface area contributed by atoms with Crippen LogP contribution in [0.15, 0.2) is 0 Å². The lowest BCUT2D eigenvalue weighted by molar-refractivity contribution is -0.136. The molecule has 0 aromatic rings. The predicted molar refractivity (Wildman–Crippen MR) is 59.2 cm³/mol. The third-order valence-electron chi connectivity index (χ3n) is 3.76. The minimum Gasteiger partial charge on any atom is -0.369 e. The number of hydrogen-bond acceptors (Lipinski definition) is 3. The van der Waals surface area contributed by atoms with E-state index in [1.54, 1.807) is 11.8 Å². The summed E-state index contributed by atoms with van der Waals surface area (Å²) < 4.78 is 0. The van der Waals surface area contributed by atoms with Crippen LogP contribution in [0.1, 0.15) is 26.2 Å². The van der Waals surface area contributed by atoms with E-state index in [1.807, 2.05) is 0 Å². The number of likely N-dealkylation sites (tertiary alicyclic amines) is 1. The van der Waals surface area contributed by atoms with E-state index in [1.165, 1.54) is 0 Å². The summed E-state index contributed by atoms with van der Waals surface area (Å²) in [6.45, 7) is 2.84. The van der Waals surface area contributed by atoms with E-state index < -0.39 is 5.54 Å². The van der Waals surface area contributed by atoms with Crippen molar-refractivity contribution in [3.63, 3.8) is 0 Å². The van der Waals surface area contributed by atoms with Gasteiger partial charge < -0.3 is 16.4 Å². The Kier molecular flexibility index (Phi) is 2.66. The number of rotatable bonds is 3. The summed E-state index contributed by atoms with van der Waals surface area (Å²) in [4.78, 5) is 24.9. The molecule has 1 aliphatic heterocycles. The maximum absolute atomic E-state index is 12.2. The van der Waals surface area contributed by atoms with Gasteiger partial charge in [-0.15, -0.1) is 0 Å². The quantitative estimate of drug-likeness (QED) is 0.675. The van der Waals surface area contributed by atoms with Crippen molar-refractivity contribution in [2.75, 3.05) is 13.1 Å². The summed E-state index contributed by atoms with van der Waals surface area (Å²) in [6, 6.07) is 0. The summed E-state index contributed by atoms with van der Waals surface area (Å²) >= 11 is 0. The van der Waals surface area contributed by atoms with Gasteiger partial charge in [0.2, 0.25) is 11.8 Å². The fourth-order valence-electron chi connectivity index (χ4n) is 2.38. The molecule has 2 atom stereocenters. The van der Waals surface area contributed by atoms with Crippen molar-refractivity contribution in [2.24, 2.45) is 23.3 Å². The van der Waals surface area contributed by atoms with E-state index in [0.29, 0.717) is 25.4 Å². The summed E-state index contributed by atoms with van der Waals surface area (Å²) in [5.74, 6) is -0.231. The molecule has 90 valence electrons. The monoisotopic (exact) mass is 225 g/mol. The van der Waals surface area contributed by atoms with Crippen molar-refractivity contribution in [3.8, 4) is 0 Å². The second-order valence-corrected chi connectivity index (χ2v) is 5.20. The molecule has 1 aliphatic carbocycles. The molecule has 5 nitrogen and oxygen atoms in total. The highest BCUT2D eigenvalue weighted by molar-refractivity contribution is 5.88. The molecule has 2 fully saturated rings. The van der Waals surface area contributed by atoms with Gasteiger partial charge in [-0.2, -0.15) is 0 Å². The van der Waals surface area contributed by atoms with Crippen molar-refractivity contribution in [2.45, 2.75) is 31.7 Å². The minimum absolute atomic E-state index is 0.0289. The Morgan fingerprint density at radius 1 is 1.31 bits per heavy atom. The number of nitrogens with two attached hydrogens (primary N) is 2. The van der Waals surface area contributed by atoms with Crippen LogP contribution in [0.25, 0.3) is 0 Å². The fourth-order valence-corrected chi connectivity index (χ4v) is 2.38. The lowest BCUT2D eigenvalue weighted by Crippen LogP contribution is -2.54. The van der Waals surface area contributed by atoms with Gasteiger partial charge in [-0.25, -0.2) is 0 Å². The Balaban J connectivity index is 1.98. The molecule has 2 amide bonds. The van der Waals surface area contributed by atoms with E-state index in [4.69, 9.17) is 11.5 Å². The summed E-state index contributed by atoms with van der Waals surface area (Å²) in [7, 11) is 0. The molecule has 4 N–H and O–H groups in total. The number of carbonyl (C=O) groups excluding carboxylic acids is 2. The van der Waals surface area contributed by atoms with Crippen molar-refractivity contribution in [1.82, 2.24) is 4.90 Å². The summed E-state index contributed by atoms with van der Waals surface area (Å²) in [6.07, 6.45) is 2.74. The van der Waals surface area contributed by atoms with Gasteiger partial charge in [0.1, 0.15) is 0 Å². The van der Waals surface area contributed by atoms with Gasteiger partial charge in [0.25, 0.3) is 0 Å². The van der Waals surface area contributed by atoms with E-state index in [9.17, 15) is 9.59 Å². The van der Waals surface area contributed by atoms with Crippen LogP contribution in [-0.2, 0) is 9.59 Å². The number of nitrogens with zero attached hydrogens (tertiary/aromatic N) is 1. The zero-order valence-electron chi connectivity index (χ0n) is 9.61. The minimum atomic E-state index is -0.757. The van der Waals surface area contributed by atoms with Crippen LogP contribution in [0.5, 0.6) is 0 Å². The number of carbonyl (C=O) groups is 2. The number of amides is 2. The van der Waals surface area contributed by atoms with Crippen molar-refractivity contribution in [1.29, 1.82) is 0 Å². The first-order valence-electron chi connectivity index (χ1n) is 5.80. The van der Waals surface area contributed by atoms with Gasteiger partial charge in [0.05, 0.1) is 11.5 Å². The topological polar surface area (TPSA) is 89.4 Å². The zero-order valence-corrected chi connectivity index (χ0v) is 9.61. The first-order chi connectivity index (χ1) is 7.43. The van der Waals surface area contributed by atoms with Gasteiger partial charge in [0, 0.05) is 13.1 Å². The van der Waals surface area contributed by atoms with Gasteiger partial charge in [-0.05, 0) is 32.1 Å². The molecular weight excluding hydrogens is 206 g/mol. The van der Waals surface area contributed by atoms with Gasteiger partial charge in [0.15, 0.2) is 0 Å². The Morgan fingerprint density at radius 3 is 2.38 bits per heavy atom. The van der Waals surface area contributed by atoms with Gasteiger partial charge in [-0.1, -0.05) is 0 Å². The molecule has 1 saturated heterocycles. The summed E-state index contributed by atoms with van der Waals surface area (Å²) in [5, 5.41) is 0. The van der Waals surface area contributed by atoms with Crippen LogP contribution in [0.3, 0.4) is 0 Å². The normalized spacial score (nSPS) is 28.9. The molecule has 1 saturated carbocycles. The van der Waals surface area contributed by atoms with Crippen molar-refractivity contribution >= 4 is 11.8 Å². The Bertz CT molecular complexity index is 323. The number of hydrogen-bond donors (Lipinski definition) is 2. The molecule has 5 heteroatoms. The van der Waals surface area contributed by atoms with Gasteiger partial charge >= 0.3 is 0 Å². The molecular formula is C11H19N3O2. The van der Waals surface area contributed by atoms with Crippen LogP contribution < -0.4 is 11.5 Å². The standard InChI is InChI=1S/C11H19N3O2/c1-11(13,8-2-3-8)10(16)14-5-4-7(6-14)9(12)15/h7-8H,2-6,13H2,1H3,(H2,12,15). The molecule has 0 aromatic carbocycles. The molecule has 2 unspecified atom stereocenters. The Morgan fingerprint density at radius 2 is 1.94 bits per heavy atom. The lowest BCUT2D eigenvalue weighted by Gasteiger charge is -2.29. The molecule has 0 bridgehead atoms. The molecule has 1 heterocycles. The highest BCUT2D eigenvalue weighted by Crippen LogP contribution is 2.39. The fraction of sp³-hybridized carbons (Fsp3) is 0.818. The van der Waals surface area contributed by atoms with E-state index in [-0.39, 0.29) is 17.7 Å². The first-order valence-corrected chi connectivity index (χ1v) is 5.80. The second kappa shape index (κ2) is 3.73. The van der Waals surface area contributed by atoms with Crippen LogP contribution in [-0.4, -0.2) is 35.3 Å². The number of primary amides is 1. The molecule has 0 spiro atoms. The lowest BCUT2D eigenvalue weighted by atomic mass is 9.95.